The predicted octanol–water partition coefficient (Wildman–Crippen LogP) is 0.512. The molecule has 0 aliphatic heterocycles. The van der Waals surface area contributed by atoms with E-state index in [1.165, 1.54) is 0 Å². The van der Waals surface area contributed by atoms with Gasteiger partial charge in [-0.25, -0.2) is 0 Å². The Morgan fingerprint density at radius 3 is 2.70 bits per heavy atom. The molecule has 2 N–H and O–H groups in total. The molecule has 4 heteroatoms. The van der Waals surface area contributed by atoms with Crippen molar-refractivity contribution in [1.29, 1.82) is 0 Å². The molecule has 108 valence electrons. The minimum Gasteiger partial charge on any atom is -0.394 e. The Kier molecular flexibility index (Phi) is 7.08. The number of terminal acetylenes is 2. The monoisotopic (exact) mass is 276 g/mol. The molecule has 0 amide bonds. The second-order valence-electron chi connectivity index (χ2n) is 4.48. The zero-order chi connectivity index (χ0) is 14.8. The van der Waals surface area contributed by atoms with Crippen LogP contribution in [0.3, 0.4) is 0 Å². The first-order chi connectivity index (χ1) is 9.68. The van der Waals surface area contributed by atoms with Crippen molar-refractivity contribution in [3.05, 3.63) is 23.8 Å². The first-order valence-corrected chi connectivity index (χ1v) is 6.45. The summed E-state index contributed by atoms with van der Waals surface area (Å²) in [5, 5.41) is 18.8. The smallest absolute Gasteiger partial charge is 0.0977 e. The molecule has 0 fully saturated rings. The number of hydrogen-bond acceptors (Lipinski definition) is 4. The van der Waals surface area contributed by atoms with Crippen LogP contribution in [0.15, 0.2) is 23.8 Å². The molecule has 2 unspecified atom stereocenters. The SMILES string of the molecule is C#CC1=CC=CC(C#C)(C(O)COCCOCCO)C1. The summed E-state index contributed by atoms with van der Waals surface area (Å²) in [7, 11) is 0. The summed E-state index contributed by atoms with van der Waals surface area (Å²) in [5.41, 5.74) is -0.0571. The fourth-order valence-corrected chi connectivity index (χ4v) is 1.92. The van der Waals surface area contributed by atoms with Gasteiger partial charge in [0.15, 0.2) is 0 Å². The lowest BCUT2D eigenvalue weighted by Crippen LogP contribution is -2.37. The van der Waals surface area contributed by atoms with Crippen LogP contribution in [0.1, 0.15) is 6.42 Å². The Hall–Kier alpha value is -1.56. The maximum Gasteiger partial charge on any atom is 0.0977 e. The average molecular weight is 276 g/mol. The van der Waals surface area contributed by atoms with Crippen LogP contribution < -0.4 is 0 Å². The minimum atomic E-state index is -0.835. The topological polar surface area (TPSA) is 58.9 Å². The Balaban J connectivity index is 2.43. The highest BCUT2D eigenvalue weighted by Crippen LogP contribution is 2.34. The van der Waals surface area contributed by atoms with Gasteiger partial charge in [0.2, 0.25) is 0 Å². The van der Waals surface area contributed by atoms with Crippen molar-refractivity contribution in [3.8, 4) is 24.7 Å². The van der Waals surface area contributed by atoms with Gasteiger partial charge in [0.25, 0.3) is 0 Å². The Morgan fingerprint density at radius 1 is 1.30 bits per heavy atom. The van der Waals surface area contributed by atoms with Gasteiger partial charge in [0.1, 0.15) is 0 Å². The van der Waals surface area contributed by atoms with Crippen molar-refractivity contribution in [2.45, 2.75) is 12.5 Å². The lowest BCUT2D eigenvalue weighted by Gasteiger charge is -2.32. The van der Waals surface area contributed by atoms with E-state index in [9.17, 15) is 5.11 Å². The van der Waals surface area contributed by atoms with Crippen LogP contribution in [0.5, 0.6) is 0 Å². The molecule has 0 bridgehead atoms. The van der Waals surface area contributed by atoms with Crippen LogP contribution in [0, 0.1) is 30.1 Å². The highest BCUT2D eigenvalue weighted by atomic mass is 16.5. The van der Waals surface area contributed by atoms with Crippen molar-refractivity contribution in [3.63, 3.8) is 0 Å². The molecular weight excluding hydrogens is 256 g/mol. The van der Waals surface area contributed by atoms with Crippen molar-refractivity contribution in [2.24, 2.45) is 5.41 Å². The fourth-order valence-electron chi connectivity index (χ4n) is 1.92. The highest BCUT2D eigenvalue weighted by Gasteiger charge is 2.35. The Bertz CT molecular complexity index is 438. The summed E-state index contributed by atoms with van der Waals surface area (Å²) in [6, 6.07) is 0. The summed E-state index contributed by atoms with van der Waals surface area (Å²) in [6.07, 6.45) is 15.9. The maximum absolute atomic E-state index is 10.2. The molecule has 1 aliphatic carbocycles. The van der Waals surface area contributed by atoms with Gasteiger partial charge in [-0.1, -0.05) is 30.1 Å². The third-order valence-corrected chi connectivity index (χ3v) is 3.11. The van der Waals surface area contributed by atoms with Crippen LogP contribution in [0.4, 0.5) is 0 Å². The van der Waals surface area contributed by atoms with Gasteiger partial charge in [-0.3, -0.25) is 0 Å². The summed E-state index contributed by atoms with van der Waals surface area (Å²) < 4.78 is 10.4. The van der Waals surface area contributed by atoms with E-state index in [1.807, 2.05) is 6.08 Å². The number of allylic oxidation sites excluding steroid dienone is 3. The van der Waals surface area contributed by atoms with Crippen molar-refractivity contribution >= 4 is 0 Å². The molecule has 0 aromatic carbocycles. The molecule has 2 atom stereocenters. The lowest BCUT2D eigenvalue weighted by atomic mass is 9.75. The summed E-state index contributed by atoms with van der Waals surface area (Å²) >= 11 is 0. The Morgan fingerprint density at radius 2 is 2.05 bits per heavy atom. The first-order valence-electron chi connectivity index (χ1n) is 6.45. The van der Waals surface area contributed by atoms with Crippen LogP contribution >= 0.6 is 0 Å². The van der Waals surface area contributed by atoms with Crippen LogP contribution in [0.25, 0.3) is 0 Å². The molecular formula is C16H20O4. The van der Waals surface area contributed by atoms with E-state index in [-0.39, 0.29) is 19.8 Å². The number of aliphatic hydroxyl groups is 2. The van der Waals surface area contributed by atoms with E-state index < -0.39 is 11.5 Å². The maximum atomic E-state index is 10.2. The molecule has 1 aliphatic rings. The van der Waals surface area contributed by atoms with Gasteiger partial charge in [-0.05, 0) is 0 Å². The summed E-state index contributed by atoms with van der Waals surface area (Å²) in [6.45, 7) is 1.06. The summed E-state index contributed by atoms with van der Waals surface area (Å²) in [5.74, 6) is 5.18. The summed E-state index contributed by atoms with van der Waals surface area (Å²) in [4.78, 5) is 0. The van der Waals surface area contributed by atoms with Gasteiger partial charge in [0.05, 0.1) is 44.6 Å². The second-order valence-corrected chi connectivity index (χ2v) is 4.48. The number of rotatable bonds is 8. The van der Waals surface area contributed by atoms with Crippen LogP contribution in [0.2, 0.25) is 0 Å². The molecule has 0 spiro atoms. The average Bonchev–Trinajstić information content (AvgIpc) is 2.50. The van der Waals surface area contributed by atoms with Crippen molar-refractivity contribution < 1.29 is 19.7 Å². The molecule has 0 heterocycles. The highest BCUT2D eigenvalue weighted by molar-refractivity contribution is 5.40. The van der Waals surface area contributed by atoms with E-state index in [1.54, 1.807) is 12.2 Å². The minimum absolute atomic E-state index is 0.0190. The van der Waals surface area contributed by atoms with E-state index in [0.29, 0.717) is 19.6 Å². The molecule has 1 rings (SSSR count). The van der Waals surface area contributed by atoms with E-state index in [4.69, 9.17) is 27.4 Å². The van der Waals surface area contributed by atoms with Crippen molar-refractivity contribution in [1.82, 2.24) is 0 Å². The first kappa shape index (κ1) is 16.5. The quantitative estimate of drug-likeness (QED) is 0.501. The fraction of sp³-hybridized carbons (Fsp3) is 0.500. The van der Waals surface area contributed by atoms with Gasteiger partial charge < -0.3 is 19.7 Å². The van der Waals surface area contributed by atoms with Gasteiger partial charge in [0, 0.05) is 12.0 Å². The Labute approximate surface area is 120 Å². The molecule has 0 radical (unpaired) electrons. The molecule has 0 saturated carbocycles. The van der Waals surface area contributed by atoms with E-state index >= 15 is 0 Å². The third kappa shape index (κ3) is 4.52. The zero-order valence-electron chi connectivity index (χ0n) is 11.4. The second kappa shape index (κ2) is 8.58. The molecule has 20 heavy (non-hydrogen) atoms. The number of ether oxygens (including phenoxy) is 2. The largest absolute Gasteiger partial charge is 0.394 e. The molecule has 0 aromatic rings. The molecule has 4 nitrogen and oxygen atoms in total. The van der Waals surface area contributed by atoms with Gasteiger partial charge >= 0.3 is 0 Å². The molecule has 0 aromatic heterocycles. The normalized spacial score (nSPS) is 22.7. The van der Waals surface area contributed by atoms with Gasteiger partial charge in [-0.2, -0.15) is 0 Å². The zero-order valence-corrected chi connectivity index (χ0v) is 11.4. The third-order valence-electron chi connectivity index (χ3n) is 3.11. The molecule has 0 saturated heterocycles. The van der Waals surface area contributed by atoms with Gasteiger partial charge in [-0.15, -0.1) is 12.8 Å². The lowest BCUT2D eigenvalue weighted by molar-refractivity contribution is -0.0257. The van der Waals surface area contributed by atoms with Crippen LogP contribution in [-0.4, -0.2) is 49.4 Å². The predicted molar refractivity (Wildman–Crippen MR) is 76.7 cm³/mol. The number of aliphatic hydroxyl groups excluding tert-OH is 2. The number of hydrogen-bond donors (Lipinski definition) is 2. The van der Waals surface area contributed by atoms with Crippen LogP contribution in [-0.2, 0) is 9.47 Å². The van der Waals surface area contributed by atoms with Crippen molar-refractivity contribution in [2.75, 3.05) is 33.0 Å². The standard InChI is InChI=1S/C16H20O4/c1-3-14-6-5-7-16(4-2,12-14)15(18)13-20-11-10-19-9-8-17/h1-2,5-7,15,17-18H,8-13H2. The van der Waals surface area contributed by atoms with E-state index in [2.05, 4.69) is 11.8 Å². The van der Waals surface area contributed by atoms with E-state index in [0.717, 1.165) is 5.57 Å².